The molecule has 0 aromatic heterocycles. The second kappa shape index (κ2) is 7.92. The maximum Gasteiger partial charge on any atom is 0.135 e. The number of rotatable bonds is 3. The number of hydrogen-bond donors (Lipinski definition) is 0. The maximum absolute atomic E-state index is 6.22. The number of para-hydroxylation sites is 1. The molecule has 0 amide bonds. The third kappa shape index (κ3) is 4.55. The van der Waals surface area contributed by atoms with Gasteiger partial charge in [-0.15, -0.1) is 0 Å². The van der Waals surface area contributed by atoms with E-state index >= 15 is 0 Å². The molecule has 0 unspecified atom stereocenters. The summed E-state index contributed by atoms with van der Waals surface area (Å²) in [4.78, 5) is 5.01. The molecule has 144 valence electrons. The maximum atomic E-state index is 6.22. The van der Waals surface area contributed by atoms with Crippen molar-refractivity contribution in [1.29, 1.82) is 0 Å². The molecule has 0 fully saturated rings. The van der Waals surface area contributed by atoms with Gasteiger partial charge in [0.1, 0.15) is 11.5 Å². The fourth-order valence-electron chi connectivity index (χ4n) is 3.32. The molecule has 2 nitrogen and oxygen atoms in total. The number of aliphatic imine (C=N–C) groups is 1. The van der Waals surface area contributed by atoms with Gasteiger partial charge in [-0.3, -0.25) is 4.99 Å². The quantitative estimate of drug-likeness (QED) is 0.459. The first-order chi connectivity index (χ1) is 14.0. The van der Waals surface area contributed by atoms with Crippen molar-refractivity contribution in [3.63, 3.8) is 0 Å². The normalized spacial score (nSPS) is 15.5. The number of hydrogen-bond acceptors (Lipinski definition) is 2. The monoisotopic (exact) mass is 379 g/mol. The molecule has 3 aromatic carbocycles. The van der Waals surface area contributed by atoms with Crippen LogP contribution in [0.15, 0.2) is 102 Å². The van der Waals surface area contributed by atoms with Crippen LogP contribution in [0.3, 0.4) is 0 Å². The fourth-order valence-corrected chi connectivity index (χ4v) is 3.32. The third-order valence-corrected chi connectivity index (χ3v) is 4.58. The van der Waals surface area contributed by atoms with Crippen LogP contribution >= 0.6 is 0 Å². The second-order valence-corrected chi connectivity index (χ2v) is 8.11. The van der Waals surface area contributed by atoms with Gasteiger partial charge in [-0.1, -0.05) is 78.9 Å². The molecule has 1 heterocycles. The van der Waals surface area contributed by atoms with Gasteiger partial charge in [0.05, 0.1) is 11.3 Å². The summed E-state index contributed by atoms with van der Waals surface area (Å²) in [5.74, 6) is 1.71. The summed E-state index contributed by atoms with van der Waals surface area (Å²) < 4.78 is 6.22. The van der Waals surface area contributed by atoms with E-state index in [4.69, 9.17) is 9.73 Å². The van der Waals surface area contributed by atoms with E-state index in [0.717, 1.165) is 39.5 Å². The van der Waals surface area contributed by atoms with E-state index in [0.29, 0.717) is 0 Å². The van der Waals surface area contributed by atoms with Gasteiger partial charge in [-0.05, 0) is 50.1 Å². The standard InChI is InChI=1S/C27H25NO/c1-27(2,3)28-24(20-12-6-4-7-13-20)18-22-19-26(21-14-8-5-9-15-21)29-25-17-11-10-16-23(22)25/h4-19H,1-3H3/b22-18-,28-24?. The summed E-state index contributed by atoms with van der Waals surface area (Å²) in [6, 6.07) is 28.7. The molecule has 0 radical (unpaired) electrons. The van der Waals surface area contributed by atoms with Crippen LogP contribution in [0.4, 0.5) is 0 Å². The van der Waals surface area contributed by atoms with Crippen molar-refractivity contribution in [3.05, 3.63) is 114 Å². The molecule has 0 saturated carbocycles. The highest BCUT2D eigenvalue weighted by Crippen LogP contribution is 2.37. The molecule has 1 aliphatic rings. The Balaban J connectivity index is 1.88. The van der Waals surface area contributed by atoms with Gasteiger partial charge in [0, 0.05) is 11.1 Å². The Hall–Kier alpha value is -3.39. The van der Waals surface area contributed by atoms with Gasteiger partial charge < -0.3 is 4.74 Å². The predicted molar refractivity (Wildman–Crippen MR) is 122 cm³/mol. The molecule has 0 spiro atoms. The lowest BCUT2D eigenvalue weighted by Gasteiger charge is -2.21. The zero-order valence-corrected chi connectivity index (χ0v) is 17.1. The van der Waals surface area contributed by atoms with Crippen molar-refractivity contribution >= 4 is 17.0 Å². The van der Waals surface area contributed by atoms with E-state index in [9.17, 15) is 0 Å². The summed E-state index contributed by atoms with van der Waals surface area (Å²) in [6.45, 7) is 6.37. The van der Waals surface area contributed by atoms with E-state index < -0.39 is 0 Å². The molecule has 4 rings (SSSR count). The van der Waals surface area contributed by atoms with E-state index in [1.807, 2.05) is 42.5 Å². The van der Waals surface area contributed by atoms with Crippen molar-refractivity contribution in [3.8, 4) is 5.75 Å². The van der Waals surface area contributed by atoms with E-state index in [-0.39, 0.29) is 5.54 Å². The molecule has 1 aliphatic heterocycles. The third-order valence-electron chi connectivity index (χ3n) is 4.58. The minimum atomic E-state index is -0.182. The highest BCUT2D eigenvalue weighted by atomic mass is 16.5. The summed E-state index contributed by atoms with van der Waals surface area (Å²) in [7, 11) is 0. The number of ether oxygens (including phenoxy) is 1. The molecule has 29 heavy (non-hydrogen) atoms. The first-order valence-electron chi connectivity index (χ1n) is 9.91. The molecular weight excluding hydrogens is 354 g/mol. The molecule has 3 aromatic rings. The Morgan fingerprint density at radius 2 is 1.41 bits per heavy atom. The van der Waals surface area contributed by atoms with Crippen molar-refractivity contribution in [2.24, 2.45) is 4.99 Å². The average molecular weight is 380 g/mol. The molecule has 0 aliphatic carbocycles. The largest absolute Gasteiger partial charge is 0.456 e. The van der Waals surface area contributed by atoms with Crippen LogP contribution in [0.5, 0.6) is 5.75 Å². The van der Waals surface area contributed by atoms with E-state index in [1.165, 1.54) is 0 Å². The van der Waals surface area contributed by atoms with Crippen LogP contribution < -0.4 is 4.74 Å². The molecule has 0 atom stereocenters. The lowest BCUT2D eigenvalue weighted by Crippen LogP contribution is -2.14. The Labute approximate surface area is 172 Å². The molecular formula is C27H25NO. The first-order valence-corrected chi connectivity index (χ1v) is 9.91. The lowest BCUT2D eigenvalue weighted by atomic mass is 9.96. The summed E-state index contributed by atoms with van der Waals surface area (Å²) >= 11 is 0. The van der Waals surface area contributed by atoms with Gasteiger partial charge >= 0.3 is 0 Å². The fraction of sp³-hybridized carbons (Fsp3) is 0.148. The van der Waals surface area contributed by atoms with Gasteiger partial charge in [-0.25, -0.2) is 0 Å². The predicted octanol–water partition coefficient (Wildman–Crippen LogP) is 6.79. The number of fused-ring (bicyclic) bond motifs is 1. The summed E-state index contributed by atoms with van der Waals surface area (Å²) in [5.41, 5.74) is 5.12. The van der Waals surface area contributed by atoms with E-state index in [2.05, 4.69) is 75.4 Å². The lowest BCUT2D eigenvalue weighted by molar-refractivity contribution is 0.509. The van der Waals surface area contributed by atoms with Crippen LogP contribution in [0.2, 0.25) is 0 Å². The van der Waals surface area contributed by atoms with Crippen molar-refractivity contribution in [2.75, 3.05) is 0 Å². The Kier molecular flexibility index (Phi) is 5.18. The van der Waals surface area contributed by atoms with Gasteiger partial charge in [0.2, 0.25) is 0 Å². The highest BCUT2D eigenvalue weighted by Gasteiger charge is 2.19. The number of allylic oxidation sites excluding steroid dienone is 3. The van der Waals surface area contributed by atoms with Crippen LogP contribution in [0.25, 0.3) is 11.3 Å². The first kappa shape index (κ1) is 18.9. The molecule has 2 heteroatoms. The second-order valence-electron chi connectivity index (χ2n) is 8.11. The smallest absolute Gasteiger partial charge is 0.135 e. The SMILES string of the molecule is CC(C)(C)N=C(/C=C1/C=C(c2ccccc2)Oc2ccccc21)c1ccccc1. The topological polar surface area (TPSA) is 21.6 Å². The molecule has 0 saturated heterocycles. The van der Waals surface area contributed by atoms with E-state index in [1.54, 1.807) is 0 Å². The number of nitrogens with zero attached hydrogens (tertiary/aromatic N) is 1. The van der Waals surface area contributed by atoms with Crippen LogP contribution in [0.1, 0.15) is 37.5 Å². The van der Waals surface area contributed by atoms with Crippen LogP contribution in [-0.2, 0) is 0 Å². The minimum absolute atomic E-state index is 0.182. The van der Waals surface area contributed by atoms with Gasteiger partial charge in [-0.2, -0.15) is 0 Å². The minimum Gasteiger partial charge on any atom is -0.456 e. The number of benzene rings is 3. The average Bonchev–Trinajstić information content (AvgIpc) is 2.73. The summed E-state index contributed by atoms with van der Waals surface area (Å²) in [5, 5.41) is 0. The van der Waals surface area contributed by atoms with Crippen molar-refractivity contribution < 1.29 is 4.74 Å². The zero-order valence-electron chi connectivity index (χ0n) is 17.1. The van der Waals surface area contributed by atoms with Gasteiger partial charge in [0.25, 0.3) is 0 Å². The Morgan fingerprint density at radius 3 is 2.10 bits per heavy atom. The Bertz CT molecular complexity index is 1080. The van der Waals surface area contributed by atoms with Crippen LogP contribution in [0, 0.1) is 0 Å². The Morgan fingerprint density at radius 1 is 0.793 bits per heavy atom. The molecule has 0 bridgehead atoms. The van der Waals surface area contributed by atoms with Crippen molar-refractivity contribution in [1.82, 2.24) is 0 Å². The van der Waals surface area contributed by atoms with Crippen molar-refractivity contribution in [2.45, 2.75) is 26.3 Å². The summed E-state index contributed by atoms with van der Waals surface area (Å²) in [6.07, 6.45) is 4.28. The van der Waals surface area contributed by atoms with Crippen LogP contribution in [-0.4, -0.2) is 11.3 Å². The zero-order chi connectivity index (χ0) is 20.3. The molecule has 0 N–H and O–H groups in total. The highest BCUT2D eigenvalue weighted by molar-refractivity contribution is 6.14. The van der Waals surface area contributed by atoms with Gasteiger partial charge in [0.15, 0.2) is 0 Å².